The summed E-state index contributed by atoms with van der Waals surface area (Å²) in [5.41, 5.74) is 2.45. The predicted molar refractivity (Wildman–Crippen MR) is 59.7 cm³/mol. The molecule has 1 unspecified atom stereocenters. The highest BCUT2D eigenvalue weighted by Gasteiger charge is 2.06. The van der Waals surface area contributed by atoms with Crippen LogP contribution in [0.2, 0.25) is 0 Å². The SMILES string of the molecule is Cc1ccccc1CNC(C)CC(=O)O. The summed E-state index contributed by atoms with van der Waals surface area (Å²) in [5, 5.41) is 11.8. The molecule has 0 amide bonds. The lowest BCUT2D eigenvalue weighted by atomic mass is 10.1. The highest BCUT2D eigenvalue weighted by Crippen LogP contribution is 2.06. The second-order valence-corrected chi connectivity index (χ2v) is 3.81. The maximum absolute atomic E-state index is 10.4. The second kappa shape index (κ2) is 5.51. The van der Waals surface area contributed by atoms with Crippen molar-refractivity contribution in [2.24, 2.45) is 0 Å². The van der Waals surface area contributed by atoms with Crippen LogP contribution in [-0.4, -0.2) is 17.1 Å². The van der Waals surface area contributed by atoms with E-state index in [-0.39, 0.29) is 12.5 Å². The summed E-state index contributed by atoms with van der Waals surface area (Å²) >= 11 is 0. The molecule has 3 nitrogen and oxygen atoms in total. The van der Waals surface area contributed by atoms with Gasteiger partial charge in [-0.15, -0.1) is 0 Å². The summed E-state index contributed by atoms with van der Waals surface area (Å²) < 4.78 is 0. The van der Waals surface area contributed by atoms with Crippen LogP contribution in [0.15, 0.2) is 24.3 Å². The summed E-state index contributed by atoms with van der Waals surface area (Å²) in [6.07, 6.45) is 0.159. The van der Waals surface area contributed by atoms with Crippen molar-refractivity contribution < 1.29 is 9.90 Å². The Kier molecular flexibility index (Phi) is 4.31. The lowest BCUT2D eigenvalue weighted by molar-refractivity contribution is -0.137. The van der Waals surface area contributed by atoms with Gasteiger partial charge in [-0.1, -0.05) is 24.3 Å². The first kappa shape index (κ1) is 11.7. The summed E-state index contributed by atoms with van der Waals surface area (Å²) in [4.78, 5) is 10.4. The van der Waals surface area contributed by atoms with E-state index < -0.39 is 5.97 Å². The molecule has 0 aliphatic carbocycles. The van der Waals surface area contributed by atoms with Gasteiger partial charge in [0.15, 0.2) is 0 Å². The average molecular weight is 207 g/mol. The van der Waals surface area contributed by atoms with Crippen molar-refractivity contribution in [3.05, 3.63) is 35.4 Å². The molecule has 15 heavy (non-hydrogen) atoms. The van der Waals surface area contributed by atoms with Crippen molar-refractivity contribution in [1.82, 2.24) is 5.32 Å². The van der Waals surface area contributed by atoms with Crippen molar-refractivity contribution >= 4 is 5.97 Å². The zero-order valence-electron chi connectivity index (χ0n) is 9.16. The molecule has 0 saturated carbocycles. The molecule has 1 aromatic rings. The summed E-state index contributed by atoms with van der Waals surface area (Å²) in [5.74, 6) is -0.764. The smallest absolute Gasteiger partial charge is 0.304 e. The monoisotopic (exact) mass is 207 g/mol. The van der Waals surface area contributed by atoms with E-state index in [4.69, 9.17) is 5.11 Å². The first-order valence-electron chi connectivity index (χ1n) is 5.09. The second-order valence-electron chi connectivity index (χ2n) is 3.81. The lowest BCUT2D eigenvalue weighted by Gasteiger charge is -2.12. The zero-order valence-corrected chi connectivity index (χ0v) is 9.16. The molecule has 0 aliphatic rings. The molecule has 1 aromatic carbocycles. The molecule has 3 heteroatoms. The van der Waals surface area contributed by atoms with E-state index in [1.165, 1.54) is 11.1 Å². The average Bonchev–Trinajstić information content (AvgIpc) is 2.15. The van der Waals surface area contributed by atoms with Gasteiger partial charge < -0.3 is 10.4 Å². The molecule has 0 saturated heterocycles. The van der Waals surface area contributed by atoms with Crippen molar-refractivity contribution in [3.63, 3.8) is 0 Å². The first-order valence-corrected chi connectivity index (χ1v) is 5.09. The van der Waals surface area contributed by atoms with Gasteiger partial charge in [0.2, 0.25) is 0 Å². The number of aryl methyl sites for hydroxylation is 1. The van der Waals surface area contributed by atoms with E-state index >= 15 is 0 Å². The van der Waals surface area contributed by atoms with Gasteiger partial charge in [0.1, 0.15) is 0 Å². The topological polar surface area (TPSA) is 49.3 Å². The Morgan fingerprint density at radius 3 is 2.73 bits per heavy atom. The molecule has 1 atom stereocenters. The molecule has 0 heterocycles. The normalized spacial score (nSPS) is 12.4. The van der Waals surface area contributed by atoms with Crippen molar-refractivity contribution in [2.75, 3.05) is 0 Å². The van der Waals surface area contributed by atoms with Crippen molar-refractivity contribution in [1.29, 1.82) is 0 Å². The minimum Gasteiger partial charge on any atom is -0.481 e. The molecule has 0 bridgehead atoms. The van der Waals surface area contributed by atoms with Crippen molar-refractivity contribution in [3.8, 4) is 0 Å². The van der Waals surface area contributed by atoms with Gasteiger partial charge in [-0.3, -0.25) is 4.79 Å². The minimum absolute atomic E-state index is 0.00195. The van der Waals surface area contributed by atoms with Gasteiger partial charge in [-0.2, -0.15) is 0 Å². The largest absolute Gasteiger partial charge is 0.481 e. The quantitative estimate of drug-likeness (QED) is 0.775. The molecule has 2 N–H and O–H groups in total. The minimum atomic E-state index is -0.764. The van der Waals surface area contributed by atoms with E-state index in [0.717, 1.165) is 6.54 Å². The van der Waals surface area contributed by atoms with Gasteiger partial charge in [0.25, 0.3) is 0 Å². The third-order valence-electron chi connectivity index (χ3n) is 2.38. The molecule has 0 fully saturated rings. The first-order chi connectivity index (χ1) is 7.09. The number of aliphatic carboxylic acids is 1. The van der Waals surface area contributed by atoms with Crippen LogP contribution < -0.4 is 5.32 Å². The Morgan fingerprint density at radius 1 is 1.47 bits per heavy atom. The third-order valence-corrected chi connectivity index (χ3v) is 2.38. The fourth-order valence-electron chi connectivity index (χ4n) is 1.43. The number of hydrogen-bond donors (Lipinski definition) is 2. The van der Waals surface area contributed by atoms with E-state index in [0.29, 0.717) is 0 Å². The Morgan fingerprint density at radius 2 is 2.13 bits per heavy atom. The van der Waals surface area contributed by atoms with E-state index in [1.54, 1.807) is 0 Å². The van der Waals surface area contributed by atoms with Gasteiger partial charge in [0, 0.05) is 12.6 Å². The van der Waals surface area contributed by atoms with Gasteiger partial charge in [0.05, 0.1) is 6.42 Å². The fourth-order valence-corrected chi connectivity index (χ4v) is 1.43. The highest BCUT2D eigenvalue weighted by molar-refractivity contribution is 5.67. The van der Waals surface area contributed by atoms with Gasteiger partial charge in [-0.05, 0) is 25.0 Å². The summed E-state index contributed by atoms with van der Waals surface area (Å²) in [6, 6.07) is 8.10. The zero-order chi connectivity index (χ0) is 11.3. The van der Waals surface area contributed by atoms with Crippen LogP contribution in [0.1, 0.15) is 24.5 Å². The number of hydrogen-bond acceptors (Lipinski definition) is 2. The van der Waals surface area contributed by atoms with Crippen LogP contribution in [0.4, 0.5) is 0 Å². The van der Waals surface area contributed by atoms with E-state index in [2.05, 4.69) is 24.4 Å². The van der Waals surface area contributed by atoms with Gasteiger partial charge >= 0.3 is 5.97 Å². The standard InChI is InChI=1S/C12H17NO2/c1-9-5-3-4-6-11(9)8-13-10(2)7-12(14)15/h3-6,10,13H,7-8H2,1-2H3,(H,14,15). The highest BCUT2D eigenvalue weighted by atomic mass is 16.4. The molecule has 0 spiro atoms. The van der Waals surface area contributed by atoms with Crippen LogP contribution in [0.5, 0.6) is 0 Å². The molecular formula is C12H17NO2. The molecule has 0 radical (unpaired) electrons. The predicted octanol–water partition coefficient (Wildman–Crippen LogP) is 1.95. The van der Waals surface area contributed by atoms with Crippen molar-refractivity contribution in [2.45, 2.75) is 32.9 Å². The molecule has 1 rings (SSSR count). The van der Waals surface area contributed by atoms with Crippen LogP contribution in [0, 0.1) is 6.92 Å². The molecule has 0 aliphatic heterocycles. The molecular weight excluding hydrogens is 190 g/mol. The molecule has 0 aromatic heterocycles. The molecule has 82 valence electrons. The number of rotatable bonds is 5. The van der Waals surface area contributed by atoms with Crippen LogP contribution in [0.3, 0.4) is 0 Å². The van der Waals surface area contributed by atoms with Gasteiger partial charge in [-0.25, -0.2) is 0 Å². The maximum atomic E-state index is 10.4. The number of carboxylic acids is 1. The number of nitrogens with one attached hydrogen (secondary N) is 1. The van der Waals surface area contributed by atoms with Crippen LogP contribution in [-0.2, 0) is 11.3 Å². The Bertz CT molecular complexity index is 336. The third kappa shape index (κ3) is 4.13. The van der Waals surface area contributed by atoms with E-state index in [1.807, 2.05) is 19.1 Å². The van der Waals surface area contributed by atoms with E-state index in [9.17, 15) is 4.79 Å². The van der Waals surface area contributed by atoms with Crippen LogP contribution >= 0.6 is 0 Å². The Hall–Kier alpha value is -1.35. The number of benzene rings is 1. The lowest BCUT2D eigenvalue weighted by Crippen LogP contribution is -2.28. The Balaban J connectivity index is 2.43. The summed E-state index contributed by atoms with van der Waals surface area (Å²) in [6.45, 7) is 4.66. The fraction of sp³-hybridized carbons (Fsp3) is 0.417. The Labute approximate surface area is 90.1 Å². The summed E-state index contributed by atoms with van der Waals surface area (Å²) in [7, 11) is 0. The van der Waals surface area contributed by atoms with Crippen LogP contribution in [0.25, 0.3) is 0 Å². The number of carbonyl (C=O) groups is 1. The maximum Gasteiger partial charge on any atom is 0.304 e. The number of carboxylic acid groups (broad SMARTS) is 1.